The van der Waals surface area contributed by atoms with Crippen molar-refractivity contribution in [2.75, 3.05) is 46.4 Å². The number of rotatable bonds is 15. The van der Waals surface area contributed by atoms with E-state index in [0.29, 0.717) is 26.0 Å². The number of nitrogens with zero attached hydrogens (tertiary/aromatic N) is 2. The molecule has 0 unspecified atom stereocenters. The van der Waals surface area contributed by atoms with E-state index in [4.69, 9.17) is 10.6 Å². The molecule has 0 saturated heterocycles. The molecule has 0 aromatic rings. The molecular weight excluding hydrogens is 368 g/mol. The Morgan fingerprint density at radius 1 is 0.931 bits per heavy atom. The van der Waals surface area contributed by atoms with Crippen LogP contribution in [-0.4, -0.2) is 68.0 Å². The van der Waals surface area contributed by atoms with E-state index < -0.39 is 0 Å². The minimum Gasteiger partial charge on any atom is -0.343 e. The first-order valence-electron chi connectivity index (χ1n) is 11.3. The Balaban J connectivity index is 0. The highest BCUT2D eigenvalue weighted by Crippen LogP contribution is 2.18. The molecular formula is C22H48N4O3. The van der Waals surface area contributed by atoms with Gasteiger partial charge in [0, 0.05) is 51.5 Å². The first-order chi connectivity index (χ1) is 13.7. The van der Waals surface area contributed by atoms with Crippen LogP contribution in [-0.2, 0) is 14.4 Å². The molecule has 0 aliphatic heterocycles. The van der Waals surface area contributed by atoms with Gasteiger partial charge in [-0.25, -0.2) is 5.48 Å². The van der Waals surface area contributed by atoms with Crippen LogP contribution in [0.15, 0.2) is 0 Å². The molecule has 3 N–H and O–H groups in total. The number of nitrogens with one attached hydrogen (secondary N) is 1. The van der Waals surface area contributed by atoms with Gasteiger partial charge in [0.1, 0.15) is 0 Å². The number of carbonyl (C=O) groups excluding carboxylic acids is 2. The van der Waals surface area contributed by atoms with E-state index in [9.17, 15) is 9.59 Å². The molecule has 0 spiro atoms. The molecule has 0 aliphatic rings. The van der Waals surface area contributed by atoms with Gasteiger partial charge in [0.2, 0.25) is 11.8 Å². The smallest absolute Gasteiger partial charge is 0.222 e. The summed E-state index contributed by atoms with van der Waals surface area (Å²) in [6.07, 6.45) is 5.20. The lowest BCUT2D eigenvalue weighted by molar-refractivity contribution is -0.133. The standard InChI is InChI=1S/C13H28N2O2.C9H20N2O/c1-6-8-9-12(16)15(7-2)10-13(3,4)11-17-14-5;1-3-6-9(12)11(4-2)8-5-7-10/h14H,6-11H2,1-5H3;3-8,10H2,1-2H3. The summed E-state index contributed by atoms with van der Waals surface area (Å²) in [5, 5.41) is 0. The normalized spacial score (nSPS) is 10.9. The lowest BCUT2D eigenvalue weighted by Crippen LogP contribution is -2.41. The van der Waals surface area contributed by atoms with Crippen LogP contribution in [0, 0.1) is 5.41 Å². The Bertz CT molecular complexity index is 417. The van der Waals surface area contributed by atoms with Crippen LogP contribution < -0.4 is 11.2 Å². The Morgan fingerprint density at radius 2 is 1.52 bits per heavy atom. The van der Waals surface area contributed by atoms with Gasteiger partial charge in [0.15, 0.2) is 0 Å². The molecule has 0 rings (SSSR count). The highest BCUT2D eigenvalue weighted by molar-refractivity contribution is 5.76. The average Bonchev–Trinajstić information content (AvgIpc) is 2.70. The maximum atomic E-state index is 12.0. The summed E-state index contributed by atoms with van der Waals surface area (Å²) >= 11 is 0. The highest BCUT2D eigenvalue weighted by Gasteiger charge is 2.24. The van der Waals surface area contributed by atoms with Crippen LogP contribution in [0.3, 0.4) is 0 Å². The number of amides is 2. The number of unbranched alkanes of at least 4 members (excludes halogenated alkanes) is 1. The van der Waals surface area contributed by atoms with Gasteiger partial charge in [-0.1, -0.05) is 34.1 Å². The van der Waals surface area contributed by atoms with Crippen molar-refractivity contribution in [3.8, 4) is 0 Å². The van der Waals surface area contributed by atoms with Crippen molar-refractivity contribution in [1.29, 1.82) is 0 Å². The number of hydroxylamine groups is 1. The summed E-state index contributed by atoms with van der Waals surface area (Å²) in [7, 11) is 1.75. The van der Waals surface area contributed by atoms with Crippen molar-refractivity contribution in [3.63, 3.8) is 0 Å². The molecule has 174 valence electrons. The molecule has 0 atom stereocenters. The van der Waals surface area contributed by atoms with Crippen molar-refractivity contribution < 1.29 is 14.4 Å². The summed E-state index contributed by atoms with van der Waals surface area (Å²) in [6.45, 7) is 16.8. The number of nitrogens with two attached hydrogens (primary N) is 1. The van der Waals surface area contributed by atoms with E-state index in [0.717, 1.165) is 51.9 Å². The first kappa shape index (κ1) is 30.0. The quantitative estimate of drug-likeness (QED) is 0.400. The van der Waals surface area contributed by atoms with E-state index >= 15 is 0 Å². The third kappa shape index (κ3) is 16.3. The predicted molar refractivity (Wildman–Crippen MR) is 121 cm³/mol. The minimum absolute atomic E-state index is 0.0269. The van der Waals surface area contributed by atoms with E-state index in [2.05, 4.69) is 26.3 Å². The Kier molecular flexibility index (Phi) is 19.5. The molecule has 0 saturated carbocycles. The molecule has 0 aromatic carbocycles. The fourth-order valence-electron chi connectivity index (χ4n) is 2.81. The molecule has 7 nitrogen and oxygen atoms in total. The van der Waals surface area contributed by atoms with Crippen LogP contribution in [0.5, 0.6) is 0 Å². The van der Waals surface area contributed by atoms with E-state index in [1.807, 2.05) is 30.6 Å². The van der Waals surface area contributed by atoms with Crippen molar-refractivity contribution in [3.05, 3.63) is 0 Å². The average molecular weight is 417 g/mol. The minimum atomic E-state index is -0.0269. The summed E-state index contributed by atoms with van der Waals surface area (Å²) in [5.41, 5.74) is 8.02. The molecule has 7 heteroatoms. The molecule has 29 heavy (non-hydrogen) atoms. The number of hydrogen-bond donors (Lipinski definition) is 2. The van der Waals surface area contributed by atoms with Gasteiger partial charge in [-0.2, -0.15) is 0 Å². The summed E-state index contributed by atoms with van der Waals surface area (Å²) in [4.78, 5) is 32.3. The second-order valence-corrected chi connectivity index (χ2v) is 8.03. The molecule has 0 heterocycles. The zero-order chi connectivity index (χ0) is 22.7. The van der Waals surface area contributed by atoms with Gasteiger partial charge in [-0.15, -0.1) is 0 Å². The van der Waals surface area contributed by atoms with Crippen molar-refractivity contribution in [2.45, 2.75) is 80.1 Å². The molecule has 0 bridgehead atoms. The molecule has 2 amide bonds. The Labute approximate surface area is 179 Å². The van der Waals surface area contributed by atoms with Crippen molar-refractivity contribution in [1.82, 2.24) is 15.3 Å². The van der Waals surface area contributed by atoms with Crippen LogP contribution in [0.2, 0.25) is 0 Å². The Hall–Kier alpha value is -1.18. The van der Waals surface area contributed by atoms with Crippen LogP contribution >= 0.6 is 0 Å². The second kappa shape index (κ2) is 18.8. The first-order valence-corrected chi connectivity index (χ1v) is 11.3. The largest absolute Gasteiger partial charge is 0.343 e. The van der Waals surface area contributed by atoms with E-state index in [-0.39, 0.29) is 17.2 Å². The predicted octanol–water partition coefficient (Wildman–Crippen LogP) is 3.19. The van der Waals surface area contributed by atoms with Gasteiger partial charge >= 0.3 is 0 Å². The zero-order valence-electron chi connectivity index (χ0n) is 20.2. The number of hydrogen-bond acceptors (Lipinski definition) is 5. The van der Waals surface area contributed by atoms with Crippen LogP contribution in [0.4, 0.5) is 0 Å². The van der Waals surface area contributed by atoms with Gasteiger partial charge < -0.3 is 20.4 Å². The van der Waals surface area contributed by atoms with Crippen molar-refractivity contribution in [2.24, 2.45) is 11.1 Å². The van der Waals surface area contributed by atoms with Gasteiger partial charge in [0.05, 0.1) is 6.61 Å². The highest BCUT2D eigenvalue weighted by atomic mass is 16.6. The molecule has 0 aliphatic carbocycles. The number of carbonyl (C=O) groups is 2. The molecule has 0 fully saturated rings. The summed E-state index contributed by atoms with van der Waals surface area (Å²) in [5.74, 6) is 0.514. The second-order valence-electron chi connectivity index (χ2n) is 8.03. The molecule has 0 aromatic heterocycles. The zero-order valence-corrected chi connectivity index (χ0v) is 20.2. The third-order valence-corrected chi connectivity index (χ3v) is 4.54. The Morgan fingerprint density at radius 3 is 1.97 bits per heavy atom. The summed E-state index contributed by atoms with van der Waals surface area (Å²) < 4.78 is 0. The van der Waals surface area contributed by atoms with Crippen LogP contribution in [0.1, 0.15) is 80.1 Å². The van der Waals surface area contributed by atoms with E-state index in [1.54, 1.807) is 7.05 Å². The third-order valence-electron chi connectivity index (χ3n) is 4.54. The topological polar surface area (TPSA) is 87.9 Å². The van der Waals surface area contributed by atoms with Crippen molar-refractivity contribution >= 4 is 11.8 Å². The summed E-state index contributed by atoms with van der Waals surface area (Å²) in [6, 6.07) is 0. The lowest BCUT2D eigenvalue weighted by Gasteiger charge is -2.31. The molecule has 0 radical (unpaired) electrons. The monoisotopic (exact) mass is 416 g/mol. The maximum absolute atomic E-state index is 12.0. The fraction of sp³-hybridized carbons (Fsp3) is 0.909. The van der Waals surface area contributed by atoms with Gasteiger partial charge in [-0.3, -0.25) is 9.59 Å². The van der Waals surface area contributed by atoms with Crippen LogP contribution in [0.25, 0.3) is 0 Å². The van der Waals surface area contributed by atoms with E-state index in [1.165, 1.54) is 0 Å². The van der Waals surface area contributed by atoms with Gasteiger partial charge in [0.25, 0.3) is 0 Å². The maximum Gasteiger partial charge on any atom is 0.222 e. The fourth-order valence-corrected chi connectivity index (χ4v) is 2.81. The van der Waals surface area contributed by atoms with Gasteiger partial charge in [-0.05, 0) is 39.7 Å². The lowest BCUT2D eigenvalue weighted by atomic mass is 9.94. The SMILES string of the molecule is CCCC(=O)N(CC)CCCN.CCCCC(=O)N(CC)CC(C)(C)CONC.